The Labute approximate surface area is 230 Å². The van der Waals surface area contributed by atoms with Crippen LogP contribution in [0, 0.1) is 0 Å². The summed E-state index contributed by atoms with van der Waals surface area (Å²) in [5.74, 6) is -0.200. The van der Waals surface area contributed by atoms with E-state index in [9.17, 15) is 9.59 Å². The van der Waals surface area contributed by atoms with Crippen LogP contribution in [0.5, 0.6) is 5.75 Å². The summed E-state index contributed by atoms with van der Waals surface area (Å²) in [7, 11) is 0. The van der Waals surface area contributed by atoms with Crippen LogP contribution in [0.4, 0.5) is 0 Å². The number of nitrogens with one attached hydrogen (secondary N) is 1. The third-order valence-electron chi connectivity index (χ3n) is 7.67. The van der Waals surface area contributed by atoms with Gasteiger partial charge < -0.3 is 14.8 Å². The number of dihydropyridines is 1. The number of ether oxygens (including phenoxy) is 2. The molecule has 5 nitrogen and oxygen atoms in total. The molecule has 3 atom stereocenters. The predicted octanol–water partition coefficient (Wildman–Crippen LogP) is 6.97. The van der Waals surface area contributed by atoms with E-state index in [1.54, 1.807) is 0 Å². The summed E-state index contributed by atoms with van der Waals surface area (Å²) in [6, 6.07) is 27.8. The fourth-order valence-corrected chi connectivity index (χ4v) is 5.50. The Morgan fingerprint density at radius 1 is 0.949 bits per heavy atom. The highest BCUT2D eigenvalue weighted by Gasteiger charge is 2.42. The van der Waals surface area contributed by atoms with Gasteiger partial charge in [-0.1, -0.05) is 85.8 Å². The summed E-state index contributed by atoms with van der Waals surface area (Å²) in [5.41, 5.74) is 5.68. The summed E-state index contributed by atoms with van der Waals surface area (Å²) in [6.45, 7) is 6.15. The molecule has 0 saturated carbocycles. The standard InChI is InChI=1S/C34H35NO4/c1-4-22(2)39-34(37)31-23(3)35-28-19-26(25-15-9-6-10-16-25)20-29(36)33(28)32(31)27-17-11-12-18-30(27)38-21-24-13-7-5-8-14-24/h5-18,22,26,32,35H,4,19-21H2,1-3H3/t22-,26-,32+/m1/s1. The van der Waals surface area contributed by atoms with Crippen molar-refractivity contribution >= 4 is 11.8 Å². The predicted molar refractivity (Wildman–Crippen MR) is 152 cm³/mol. The van der Waals surface area contributed by atoms with Crippen molar-refractivity contribution in [1.82, 2.24) is 5.32 Å². The first-order valence-corrected chi connectivity index (χ1v) is 13.7. The minimum atomic E-state index is -0.575. The van der Waals surface area contributed by atoms with Crippen molar-refractivity contribution in [2.75, 3.05) is 0 Å². The molecule has 1 aliphatic heterocycles. The second-order valence-corrected chi connectivity index (χ2v) is 10.4. The lowest BCUT2D eigenvalue weighted by Gasteiger charge is -2.37. The topological polar surface area (TPSA) is 64.6 Å². The molecule has 3 aromatic rings. The third-order valence-corrected chi connectivity index (χ3v) is 7.67. The van der Waals surface area contributed by atoms with Crippen LogP contribution in [0.1, 0.15) is 68.6 Å². The van der Waals surface area contributed by atoms with Crippen LogP contribution in [0.25, 0.3) is 0 Å². The largest absolute Gasteiger partial charge is 0.489 e. The van der Waals surface area contributed by atoms with Crippen LogP contribution in [0.3, 0.4) is 0 Å². The summed E-state index contributed by atoms with van der Waals surface area (Å²) < 4.78 is 12.1. The van der Waals surface area contributed by atoms with Gasteiger partial charge in [0.2, 0.25) is 0 Å². The molecule has 0 radical (unpaired) electrons. The highest BCUT2D eigenvalue weighted by Crippen LogP contribution is 2.47. The van der Waals surface area contributed by atoms with Gasteiger partial charge in [0.1, 0.15) is 12.4 Å². The van der Waals surface area contributed by atoms with Crippen LogP contribution in [0.2, 0.25) is 0 Å². The van der Waals surface area contributed by atoms with Gasteiger partial charge in [-0.25, -0.2) is 4.79 Å². The lowest BCUT2D eigenvalue weighted by Crippen LogP contribution is -2.36. The number of hydrogen-bond acceptors (Lipinski definition) is 5. The van der Waals surface area contributed by atoms with Crippen molar-refractivity contribution in [3.63, 3.8) is 0 Å². The third kappa shape index (κ3) is 5.68. The molecule has 0 spiro atoms. The van der Waals surface area contributed by atoms with Gasteiger partial charge in [0.25, 0.3) is 0 Å². The fourth-order valence-electron chi connectivity index (χ4n) is 5.50. The molecule has 39 heavy (non-hydrogen) atoms. The molecule has 1 aliphatic carbocycles. The minimum Gasteiger partial charge on any atom is -0.489 e. The maximum atomic E-state index is 13.9. The zero-order valence-electron chi connectivity index (χ0n) is 22.8. The van der Waals surface area contributed by atoms with E-state index in [-0.39, 0.29) is 17.8 Å². The van der Waals surface area contributed by atoms with Crippen LogP contribution in [-0.4, -0.2) is 17.9 Å². The van der Waals surface area contributed by atoms with Crippen LogP contribution in [0.15, 0.2) is 107 Å². The molecule has 0 amide bonds. The monoisotopic (exact) mass is 521 g/mol. The number of para-hydroxylation sites is 1. The Bertz CT molecular complexity index is 1410. The summed E-state index contributed by atoms with van der Waals surface area (Å²) in [4.78, 5) is 27.6. The molecule has 5 heteroatoms. The highest BCUT2D eigenvalue weighted by atomic mass is 16.5. The Hall–Kier alpha value is -4.12. The van der Waals surface area contributed by atoms with E-state index in [0.29, 0.717) is 48.5 Å². The van der Waals surface area contributed by atoms with Gasteiger partial charge in [-0.2, -0.15) is 0 Å². The number of allylic oxidation sites excluding steroid dienone is 3. The van der Waals surface area contributed by atoms with Gasteiger partial charge in [-0.05, 0) is 49.8 Å². The van der Waals surface area contributed by atoms with Crippen molar-refractivity contribution in [3.05, 3.63) is 124 Å². The van der Waals surface area contributed by atoms with E-state index in [1.165, 1.54) is 0 Å². The highest BCUT2D eigenvalue weighted by molar-refractivity contribution is 6.04. The molecule has 3 aromatic carbocycles. The van der Waals surface area contributed by atoms with Crippen molar-refractivity contribution in [2.24, 2.45) is 0 Å². The van der Waals surface area contributed by atoms with E-state index in [0.717, 1.165) is 22.4 Å². The Kier molecular flexibility index (Phi) is 7.97. The molecule has 2 aliphatic rings. The zero-order valence-corrected chi connectivity index (χ0v) is 22.8. The van der Waals surface area contributed by atoms with Gasteiger partial charge in [0.05, 0.1) is 17.6 Å². The first-order chi connectivity index (χ1) is 19.0. The number of benzene rings is 3. The minimum absolute atomic E-state index is 0.0433. The second kappa shape index (κ2) is 11.7. The van der Waals surface area contributed by atoms with Crippen LogP contribution < -0.4 is 10.1 Å². The summed E-state index contributed by atoms with van der Waals surface area (Å²) in [5, 5.41) is 3.44. The molecule has 1 heterocycles. The first kappa shape index (κ1) is 26.5. The molecule has 200 valence electrons. The Morgan fingerprint density at radius 3 is 2.33 bits per heavy atom. The van der Waals surface area contributed by atoms with Crippen molar-refractivity contribution in [1.29, 1.82) is 0 Å². The fraction of sp³-hybridized carbons (Fsp3) is 0.294. The number of carbonyl (C=O) groups excluding carboxylic acids is 2. The average Bonchev–Trinajstić information content (AvgIpc) is 2.96. The quantitative estimate of drug-likeness (QED) is 0.324. The van der Waals surface area contributed by atoms with Gasteiger partial charge >= 0.3 is 5.97 Å². The Morgan fingerprint density at radius 2 is 1.62 bits per heavy atom. The smallest absolute Gasteiger partial charge is 0.337 e. The van der Waals surface area contributed by atoms with E-state index >= 15 is 0 Å². The maximum absolute atomic E-state index is 13.9. The number of hydrogen-bond donors (Lipinski definition) is 1. The maximum Gasteiger partial charge on any atom is 0.337 e. The molecule has 0 aromatic heterocycles. The van der Waals surface area contributed by atoms with Crippen molar-refractivity contribution in [2.45, 2.75) is 64.6 Å². The molecular formula is C34H35NO4. The zero-order chi connectivity index (χ0) is 27.4. The lowest BCUT2D eigenvalue weighted by molar-refractivity contribution is -0.144. The normalized spacial score (nSPS) is 19.7. The molecule has 5 rings (SSSR count). The van der Waals surface area contributed by atoms with E-state index in [2.05, 4.69) is 17.4 Å². The average molecular weight is 522 g/mol. The van der Waals surface area contributed by atoms with Crippen molar-refractivity contribution in [3.8, 4) is 5.75 Å². The molecular weight excluding hydrogens is 486 g/mol. The van der Waals surface area contributed by atoms with Gasteiger partial charge in [-0.15, -0.1) is 0 Å². The molecule has 0 fully saturated rings. The number of Topliss-reactive ketones (excluding diaryl/α,β-unsaturated/α-hetero) is 1. The van der Waals surface area contributed by atoms with E-state index < -0.39 is 11.9 Å². The van der Waals surface area contributed by atoms with Gasteiger partial charge in [0, 0.05) is 29.0 Å². The lowest BCUT2D eigenvalue weighted by atomic mass is 9.71. The second-order valence-electron chi connectivity index (χ2n) is 10.4. The SMILES string of the molecule is CC[C@@H](C)OC(=O)C1=C(C)NC2=C(C(=O)C[C@H](c3ccccc3)C2)[C@H]1c1ccccc1OCc1ccccc1. The van der Waals surface area contributed by atoms with E-state index in [1.807, 2.05) is 93.6 Å². The molecule has 1 N–H and O–H groups in total. The van der Waals surface area contributed by atoms with Crippen LogP contribution >= 0.6 is 0 Å². The summed E-state index contributed by atoms with van der Waals surface area (Å²) >= 11 is 0. The number of ketones is 1. The van der Waals surface area contributed by atoms with E-state index in [4.69, 9.17) is 9.47 Å². The number of rotatable bonds is 8. The molecule has 0 saturated heterocycles. The summed E-state index contributed by atoms with van der Waals surface area (Å²) in [6.07, 6.45) is 1.56. The Balaban J connectivity index is 1.57. The number of esters is 1. The number of carbonyl (C=O) groups is 2. The van der Waals surface area contributed by atoms with Gasteiger partial charge in [-0.3, -0.25) is 4.79 Å². The molecule has 0 bridgehead atoms. The first-order valence-electron chi connectivity index (χ1n) is 13.7. The van der Waals surface area contributed by atoms with Crippen LogP contribution in [-0.2, 0) is 20.9 Å². The van der Waals surface area contributed by atoms with Crippen molar-refractivity contribution < 1.29 is 19.1 Å². The van der Waals surface area contributed by atoms with Gasteiger partial charge in [0.15, 0.2) is 5.78 Å². The molecule has 0 unspecified atom stereocenters.